The van der Waals surface area contributed by atoms with Gasteiger partial charge in [0.2, 0.25) is 23.6 Å². The van der Waals surface area contributed by atoms with Crippen LogP contribution < -0.4 is 10.6 Å². The minimum absolute atomic E-state index is 0.0420. The third-order valence-corrected chi connectivity index (χ3v) is 11.4. The Bertz CT molecular complexity index is 1270. The average molecular weight is 748 g/mol. The molecule has 0 spiro atoms. The van der Waals surface area contributed by atoms with E-state index >= 15 is 0 Å². The molecule has 0 saturated carbocycles. The lowest BCUT2D eigenvalue weighted by Gasteiger charge is -2.41. The number of nitrogens with one attached hydrogen (secondary N) is 2. The number of amides is 4. The van der Waals surface area contributed by atoms with Crippen molar-refractivity contribution in [3.05, 3.63) is 23.3 Å². The monoisotopic (exact) mass is 748 g/mol. The molecule has 1 aliphatic carbocycles. The van der Waals surface area contributed by atoms with Gasteiger partial charge in [0.05, 0.1) is 48.8 Å². The number of carbonyl (C=O) groups is 4. The SMILES string of the molecule is CC[C@H](C)C([C@@H](CC(=O)N1C[C@@H](O)C[C@H]1[C@H](OC)[C@@H](C)C(=O)N[C@H](C)CC1=CC=C(C)CC1)OC)N(C)C(=O)[C@@H](NC(=O)[C@H](C(C)C)N(C)C)C(C)C. The Morgan fingerprint density at radius 1 is 0.925 bits per heavy atom. The van der Waals surface area contributed by atoms with Crippen LogP contribution in [0.3, 0.4) is 0 Å². The van der Waals surface area contributed by atoms with Gasteiger partial charge in [-0.3, -0.25) is 24.1 Å². The van der Waals surface area contributed by atoms with E-state index in [4.69, 9.17) is 9.47 Å². The number of β-amino-alcohol motifs (C(OH)–C–C–N with tert-alkyl or cyclic N) is 1. The van der Waals surface area contributed by atoms with Crippen LogP contribution in [0, 0.1) is 23.7 Å². The molecule has 2 rings (SSSR count). The molecule has 1 heterocycles. The molecule has 1 unspecified atom stereocenters. The van der Waals surface area contributed by atoms with Gasteiger partial charge < -0.3 is 35.0 Å². The number of rotatable bonds is 20. The highest BCUT2D eigenvalue weighted by Gasteiger charge is 2.45. The molecule has 0 aromatic rings. The molecule has 10 atom stereocenters. The lowest BCUT2D eigenvalue weighted by Crippen LogP contribution is -2.59. The van der Waals surface area contributed by atoms with Crippen LogP contribution in [0.15, 0.2) is 23.3 Å². The zero-order valence-corrected chi connectivity index (χ0v) is 35.3. The molecule has 0 radical (unpaired) electrons. The molecule has 304 valence electrons. The van der Waals surface area contributed by atoms with E-state index in [0.29, 0.717) is 0 Å². The predicted molar refractivity (Wildman–Crippen MR) is 210 cm³/mol. The van der Waals surface area contributed by atoms with Crippen LogP contribution in [0.2, 0.25) is 0 Å². The van der Waals surface area contributed by atoms with Crippen molar-refractivity contribution >= 4 is 23.6 Å². The van der Waals surface area contributed by atoms with Gasteiger partial charge in [-0.1, -0.05) is 78.2 Å². The van der Waals surface area contributed by atoms with Crippen molar-refractivity contribution in [1.82, 2.24) is 25.3 Å². The van der Waals surface area contributed by atoms with Crippen LogP contribution in [0.4, 0.5) is 0 Å². The maximum absolute atomic E-state index is 14.2. The Kier molecular flexibility index (Phi) is 18.7. The van der Waals surface area contributed by atoms with Crippen molar-refractivity contribution in [1.29, 1.82) is 0 Å². The number of nitrogens with zero attached hydrogens (tertiary/aromatic N) is 3. The maximum Gasteiger partial charge on any atom is 0.245 e. The summed E-state index contributed by atoms with van der Waals surface area (Å²) in [6, 6.07) is -2.26. The van der Waals surface area contributed by atoms with Crippen LogP contribution in [-0.4, -0.2) is 134 Å². The number of likely N-dealkylation sites (tertiary alicyclic amines) is 1. The van der Waals surface area contributed by atoms with Crippen molar-refractivity contribution in [2.75, 3.05) is 41.9 Å². The first-order valence-electron chi connectivity index (χ1n) is 19.7. The molecule has 1 aliphatic heterocycles. The number of ether oxygens (including phenoxy) is 2. The Balaban J connectivity index is 2.27. The van der Waals surface area contributed by atoms with Crippen molar-refractivity contribution in [2.45, 2.75) is 149 Å². The summed E-state index contributed by atoms with van der Waals surface area (Å²) in [4.78, 5) is 60.5. The van der Waals surface area contributed by atoms with E-state index in [2.05, 4.69) is 29.7 Å². The Morgan fingerprint density at radius 2 is 1.57 bits per heavy atom. The number of hydrogen-bond donors (Lipinski definition) is 3. The van der Waals surface area contributed by atoms with E-state index in [9.17, 15) is 24.3 Å². The van der Waals surface area contributed by atoms with Crippen molar-refractivity contribution < 1.29 is 33.8 Å². The van der Waals surface area contributed by atoms with Crippen LogP contribution >= 0.6 is 0 Å². The fourth-order valence-corrected chi connectivity index (χ4v) is 8.18. The number of methoxy groups -OCH3 is 2. The van der Waals surface area contributed by atoms with Gasteiger partial charge in [-0.15, -0.1) is 0 Å². The maximum atomic E-state index is 14.2. The first-order chi connectivity index (χ1) is 24.8. The second kappa shape index (κ2) is 21.3. The largest absolute Gasteiger partial charge is 0.391 e. The van der Waals surface area contributed by atoms with Crippen LogP contribution in [0.1, 0.15) is 101 Å². The lowest BCUT2D eigenvalue weighted by molar-refractivity contribution is -0.148. The summed E-state index contributed by atoms with van der Waals surface area (Å²) in [6.45, 7) is 17.9. The average Bonchev–Trinajstić information content (AvgIpc) is 3.47. The van der Waals surface area contributed by atoms with Crippen LogP contribution in [0.25, 0.3) is 0 Å². The Hall–Kier alpha value is -2.80. The zero-order valence-electron chi connectivity index (χ0n) is 35.3. The first-order valence-corrected chi connectivity index (χ1v) is 19.7. The Morgan fingerprint density at radius 3 is 2.06 bits per heavy atom. The molecule has 12 heteroatoms. The highest BCUT2D eigenvalue weighted by Crippen LogP contribution is 2.30. The lowest BCUT2D eigenvalue weighted by atomic mass is 9.89. The second-order valence-corrected chi connectivity index (χ2v) is 16.6. The van der Waals surface area contributed by atoms with E-state index in [1.54, 1.807) is 30.9 Å². The molecule has 1 saturated heterocycles. The number of aliphatic hydroxyl groups is 1. The molecule has 0 aromatic heterocycles. The fourth-order valence-electron chi connectivity index (χ4n) is 8.18. The molecule has 1 fully saturated rings. The van der Waals surface area contributed by atoms with Gasteiger partial charge in [0.25, 0.3) is 0 Å². The van der Waals surface area contributed by atoms with Gasteiger partial charge >= 0.3 is 0 Å². The summed E-state index contributed by atoms with van der Waals surface area (Å²) < 4.78 is 11.9. The normalized spacial score (nSPS) is 22.3. The number of hydrogen-bond acceptors (Lipinski definition) is 8. The van der Waals surface area contributed by atoms with Gasteiger partial charge in [0.1, 0.15) is 6.04 Å². The molecule has 3 N–H and O–H groups in total. The van der Waals surface area contributed by atoms with Crippen molar-refractivity contribution in [2.24, 2.45) is 23.7 Å². The summed E-state index contributed by atoms with van der Waals surface area (Å²) in [5.74, 6) is -1.64. The molecular formula is C41H73N5O7. The van der Waals surface area contributed by atoms with Gasteiger partial charge in [0, 0.05) is 33.9 Å². The van der Waals surface area contributed by atoms with Gasteiger partial charge in [-0.25, -0.2) is 0 Å². The molecule has 53 heavy (non-hydrogen) atoms. The van der Waals surface area contributed by atoms with Gasteiger partial charge in [-0.05, 0) is 71.4 Å². The highest BCUT2D eigenvalue weighted by atomic mass is 16.5. The number of aliphatic hydroxyl groups excluding tert-OH is 1. The highest BCUT2D eigenvalue weighted by molar-refractivity contribution is 5.90. The molecule has 0 aromatic carbocycles. The Labute approximate surface area is 320 Å². The molecule has 2 aliphatic rings. The molecule has 0 bridgehead atoms. The smallest absolute Gasteiger partial charge is 0.245 e. The number of likely N-dealkylation sites (N-methyl/N-ethyl adjacent to an activating group) is 2. The molecule has 4 amide bonds. The summed E-state index contributed by atoms with van der Waals surface area (Å²) >= 11 is 0. The molecular weight excluding hydrogens is 674 g/mol. The predicted octanol–water partition coefficient (Wildman–Crippen LogP) is 4.17. The van der Waals surface area contributed by atoms with Crippen LogP contribution in [0.5, 0.6) is 0 Å². The standard InChI is InChI=1S/C41H73N5O7/c1-15-27(7)37(45(12)41(51)35(24(2)3)43-40(50)36(25(4)5)44(10)11)33(52-13)22-34(48)46-23-31(47)21-32(46)38(53-14)29(9)39(49)42-28(8)20-30-18-16-26(6)17-19-30/h16,18,24-25,27-29,31-33,35-38,47H,15,17,19-23H2,1-14H3,(H,42,49)(H,43,50)/t27-,28+,29+,31-,32-,33+,35-,36-,37?,38+/m0/s1. The third-order valence-electron chi connectivity index (χ3n) is 11.4. The second-order valence-electron chi connectivity index (χ2n) is 16.6. The van der Waals surface area contributed by atoms with E-state index in [0.717, 1.165) is 25.7 Å². The first kappa shape index (κ1) is 46.4. The van der Waals surface area contributed by atoms with E-state index in [1.165, 1.54) is 18.3 Å². The summed E-state index contributed by atoms with van der Waals surface area (Å²) in [5.41, 5.74) is 2.66. The third kappa shape index (κ3) is 12.6. The minimum Gasteiger partial charge on any atom is -0.391 e. The zero-order chi connectivity index (χ0) is 40.3. The summed E-state index contributed by atoms with van der Waals surface area (Å²) in [5, 5.41) is 17.0. The van der Waals surface area contributed by atoms with Crippen molar-refractivity contribution in [3.8, 4) is 0 Å². The van der Waals surface area contributed by atoms with E-state index in [1.807, 2.05) is 67.5 Å². The summed E-state index contributed by atoms with van der Waals surface area (Å²) in [7, 11) is 8.50. The van der Waals surface area contributed by atoms with E-state index in [-0.39, 0.29) is 66.8 Å². The van der Waals surface area contributed by atoms with E-state index < -0.39 is 48.4 Å². The topological polar surface area (TPSA) is 141 Å². The number of carbonyl (C=O) groups excluding carboxylic acids is 4. The number of allylic oxidation sites excluding steroid dienone is 3. The summed E-state index contributed by atoms with van der Waals surface area (Å²) in [6.07, 6.45) is 5.94. The minimum atomic E-state index is -0.773. The molecule has 12 nitrogen and oxygen atoms in total. The van der Waals surface area contributed by atoms with Crippen molar-refractivity contribution in [3.63, 3.8) is 0 Å². The van der Waals surface area contributed by atoms with Gasteiger partial charge in [-0.2, -0.15) is 0 Å². The quantitative estimate of drug-likeness (QED) is 0.169. The fraction of sp³-hybridized carbons (Fsp3) is 0.805. The van der Waals surface area contributed by atoms with Gasteiger partial charge in [0.15, 0.2) is 0 Å². The van der Waals surface area contributed by atoms with Crippen LogP contribution in [-0.2, 0) is 28.7 Å².